The summed E-state index contributed by atoms with van der Waals surface area (Å²) < 4.78 is 6.94. The average molecular weight is 249 g/mol. The largest absolute Gasteiger partial charge is 0.340 e. The number of hydrogen-bond acceptors (Lipinski definition) is 5. The van der Waals surface area contributed by atoms with Gasteiger partial charge in [0.2, 0.25) is 5.89 Å². The van der Waals surface area contributed by atoms with Gasteiger partial charge in [0.1, 0.15) is 0 Å². The summed E-state index contributed by atoms with van der Waals surface area (Å²) >= 11 is 0. The monoisotopic (exact) mass is 249 g/mol. The topological polar surface area (TPSA) is 68.8 Å². The summed E-state index contributed by atoms with van der Waals surface area (Å²) in [6.45, 7) is 8.25. The molecule has 0 amide bonds. The maximum Gasteiger partial charge on any atom is 0.223 e. The SMILES string of the molecule is CCc1cc(CNCc2noc(C)n2)n(CC)n1. The molecule has 0 saturated heterocycles. The highest BCUT2D eigenvalue weighted by atomic mass is 16.5. The summed E-state index contributed by atoms with van der Waals surface area (Å²) in [6.07, 6.45) is 0.962. The number of aromatic nitrogens is 4. The number of aryl methyl sites for hydroxylation is 3. The van der Waals surface area contributed by atoms with Gasteiger partial charge >= 0.3 is 0 Å². The lowest BCUT2D eigenvalue weighted by Gasteiger charge is -2.04. The first-order valence-corrected chi connectivity index (χ1v) is 6.28. The van der Waals surface area contributed by atoms with Gasteiger partial charge in [0.05, 0.1) is 17.9 Å². The van der Waals surface area contributed by atoms with Crippen LogP contribution in [0.2, 0.25) is 0 Å². The predicted octanol–water partition coefficient (Wildman–Crippen LogP) is 1.45. The Morgan fingerprint density at radius 3 is 2.78 bits per heavy atom. The maximum atomic E-state index is 4.91. The van der Waals surface area contributed by atoms with E-state index in [1.54, 1.807) is 6.92 Å². The number of nitrogens with zero attached hydrogens (tertiary/aromatic N) is 4. The normalized spacial score (nSPS) is 11.1. The van der Waals surface area contributed by atoms with Gasteiger partial charge in [-0.15, -0.1) is 0 Å². The smallest absolute Gasteiger partial charge is 0.223 e. The highest BCUT2D eigenvalue weighted by molar-refractivity contribution is 5.10. The van der Waals surface area contributed by atoms with E-state index in [9.17, 15) is 0 Å². The molecule has 0 spiro atoms. The third-order valence-corrected chi connectivity index (χ3v) is 2.73. The minimum absolute atomic E-state index is 0.596. The van der Waals surface area contributed by atoms with Crippen LogP contribution in [0.3, 0.4) is 0 Å². The zero-order valence-corrected chi connectivity index (χ0v) is 11.1. The van der Waals surface area contributed by atoms with E-state index in [0.717, 1.165) is 25.2 Å². The first kappa shape index (κ1) is 12.8. The van der Waals surface area contributed by atoms with Crippen LogP contribution in [-0.2, 0) is 26.1 Å². The molecule has 0 saturated carbocycles. The Kier molecular flexibility index (Phi) is 4.09. The van der Waals surface area contributed by atoms with E-state index in [4.69, 9.17) is 4.52 Å². The molecule has 0 aliphatic rings. The van der Waals surface area contributed by atoms with Crippen molar-refractivity contribution in [2.24, 2.45) is 0 Å². The summed E-state index contributed by atoms with van der Waals surface area (Å²) in [5.41, 5.74) is 2.32. The van der Waals surface area contributed by atoms with E-state index in [-0.39, 0.29) is 0 Å². The van der Waals surface area contributed by atoms with Crippen LogP contribution < -0.4 is 5.32 Å². The summed E-state index contributed by atoms with van der Waals surface area (Å²) in [5.74, 6) is 1.28. The Balaban J connectivity index is 1.91. The maximum absolute atomic E-state index is 4.91. The molecule has 2 rings (SSSR count). The minimum Gasteiger partial charge on any atom is -0.340 e. The third kappa shape index (κ3) is 2.95. The van der Waals surface area contributed by atoms with Gasteiger partial charge in [0.15, 0.2) is 5.82 Å². The molecule has 0 radical (unpaired) electrons. The summed E-state index contributed by atoms with van der Waals surface area (Å²) in [6, 6.07) is 2.14. The number of hydrogen-bond donors (Lipinski definition) is 1. The second kappa shape index (κ2) is 5.77. The first-order chi connectivity index (χ1) is 8.72. The zero-order valence-electron chi connectivity index (χ0n) is 11.1. The van der Waals surface area contributed by atoms with Gasteiger partial charge in [-0.2, -0.15) is 10.1 Å². The minimum atomic E-state index is 0.596. The zero-order chi connectivity index (χ0) is 13.0. The van der Waals surface area contributed by atoms with Gasteiger partial charge in [-0.05, 0) is 19.4 Å². The Morgan fingerprint density at radius 2 is 2.17 bits per heavy atom. The van der Waals surface area contributed by atoms with Crippen molar-refractivity contribution >= 4 is 0 Å². The second-order valence-electron chi connectivity index (χ2n) is 4.13. The molecule has 98 valence electrons. The van der Waals surface area contributed by atoms with Gasteiger partial charge in [0, 0.05) is 20.0 Å². The van der Waals surface area contributed by atoms with Crippen molar-refractivity contribution in [1.29, 1.82) is 0 Å². The van der Waals surface area contributed by atoms with Gasteiger partial charge in [-0.25, -0.2) is 0 Å². The van der Waals surface area contributed by atoms with Crippen LogP contribution in [0.4, 0.5) is 0 Å². The van der Waals surface area contributed by atoms with Crippen molar-refractivity contribution in [3.63, 3.8) is 0 Å². The fraction of sp³-hybridized carbons (Fsp3) is 0.583. The molecule has 0 bridgehead atoms. The van der Waals surface area contributed by atoms with Crippen LogP contribution in [0, 0.1) is 6.92 Å². The summed E-state index contributed by atoms with van der Waals surface area (Å²) in [7, 11) is 0. The molecule has 2 aromatic rings. The molecule has 6 nitrogen and oxygen atoms in total. The Hall–Kier alpha value is -1.69. The Labute approximate surface area is 106 Å². The third-order valence-electron chi connectivity index (χ3n) is 2.73. The first-order valence-electron chi connectivity index (χ1n) is 6.28. The molecule has 0 aromatic carbocycles. The number of rotatable bonds is 6. The molecule has 1 N–H and O–H groups in total. The van der Waals surface area contributed by atoms with Gasteiger partial charge < -0.3 is 9.84 Å². The highest BCUT2D eigenvalue weighted by Crippen LogP contribution is 2.05. The molecule has 6 heteroatoms. The summed E-state index contributed by atoms with van der Waals surface area (Å²) in [4.78, 5) is 4.14. The van der Waals surface area contributed by atoms with E-state index in [1.807, 2.05) is 4.68 Å². The van der Waals surface area contributed by atoms with Crippen LogP contribution in [0.15, 0.2) is 10.6 Å². The molecule has 0 unspecified atom stereocenters. The van der Waals surface area contributed by atoms with E-state index in [0.29, 0.717) is 18.3 Å². The molecule has 0 aliphatic heterocycles. The van der Waals surface area contributed by atoms with Crippen molar-refractivity contribution in [2.45, 2.75) is 46.8 Å². The van der Waals surface area contributed by atoms with Crippen LogP contribution in [0.5, 0.6) is 0 Å². The quantitative estimate of drug-likeness (QED) is 0.839. The molecule has 2 aromatic heterocycles. The molecular formula is C12H19N5O. The van der Waals surface area contributed by atoms with Gasteiger partial charge in [-0.1, -0.05) is 12.1 Å². The number of nitrogens with one attached hydrogen (secondary N) is 1. The Morgan fingerprint density at radius 1 is 1.33 bits per heavy atom. The predicted molar refractivity (Wildman–Crippen MR) is 66.9 cm³/mol. The average Bonchev–Trinajstić information content (AvgIpc) is 2.95. The van der Waals surface area contributed by atoms with Crippen molar-refractivity contribution in [2.75, 3.05) is 0 Å². The molecular weight excluding hydrogens is 230 g/mol. The molecule has 0 fully saturated rings. The van der Waals surface area contributed by atoms with Crippen molar-refractivity contribution in [3.8, 4) is 0 Å². The van der Waals surface area contributed by atoms with E-state index < -0.39 is 0 Å². The summed E-state index contributed by atoms with van der Waals surface area (Å²) in [5, 5.41) is 11.6. The molecule has 0 aliphatic carbocycles. The lowest BCUT2D eigenvalue weighted by Crippen LogP contribution is -2.16. The van der Waals surface area contributed by atoms with E-state index >= 15 is 0 Å². The molecule has 2 heterocycles. The standard InChI is InChI=1S/C12H19N5O/c1-4-10-6-11(17(5-2)15-10)7-13-8-12-14-9(3)18-16-12/h6,13H,4-5,7-8H2,1-3H3. The van der Waals surface area contributed by atoms with Crippen LogP contribution in [-0.4, -0.2) is 19.9 Å². The fourth-order valence-electron chi connectivity index (χ4n) is 1.82. The molecule has 18 heavy (non-hydrogen) atoms. The van der Waals surface area contributed by atoms with Crippen LogP contribution in [0.1, 0.15) is 37.0 Å². The van der Waals surface area contributed by atoms with E-state index in [1.165, 1.54) is 5.69 Å². The van der Waals surface area contributed by atoms with Crippen LogP contribution in [0.25, 0.3) is 0 Å². The van der Waals surface area contributed by atoms with Gasteiger partial charge in [-0.3, -0.25) is 4.68 Å². The highest BCUT2D eigenvalue weighted by Gasteiger charge is 2.06. The lowest BCUT2D eigenvalue weighted by atomic mass is 10.3. The van der Waals surface area contributed by atoms with Crippen molar-refractivity contribution in [3.05, 3.63) is 29.2 Å². The fourth-order valence-corrected chi connectivity index (χ4v) is 1.82. The Bertz CT molecular complexity index is 502. The van der Waals surface area contributed by atoms with E-state index in [2.05, 4.69) is 40.5 Å². The molecule has 0 atom stereocenters. The van der Waals surface area contributed by atoms with Crippen molar-refractivity contribution < 1.29 is 4.52 Å². The lowest BCUT2D eigenvalue weighted by molar-refractivity contribution is 0.385. The van der Waals surface area contributed by atoms with Crippen molar-refractivity contribution in [1.82, 2.24) is 25.2 Å². The second-order valence-corrected chi connectivity index (χ2v) is 4.13. The van der Waals surface area contributed by atoms with Crippen LogP contribution >= 0.6 is 0 Å². The van der Waals surface area contributed by atoms with Gasteiger partial charge in [0.25, 0.3) is 0 Å².